The molecule has 2 amide bonds. The Morgan fingerprint density at radius 1 is 1.06 bits per heavy atom. The van der Waals surface area contributed by atoms with Gasteiger partial charge in [-0.15, -0.1) is 0 Å². The van der Waals surface area contributed by atoms with Crippen LogP contribution in [0, 0.1) is 5.82 Å². The average molecular weight is 499 g/mol. The largest absolute Gasteiger partial charge is 0.378 e. The Kier molecular flexibility index (Phi) is 7.49. The summed E-state index contributed by atoms with van der Waals surface area (Å²) in [5.41, 5.74) is 1.28. The van der Waals surface area contributed by atoms with Crippen molar-refractivity contribution < 1.29 is 27.1 Å². The smallest absolute Gasteiger partial charge is 0.251 e. The molecule has 35 heavy (non-hydrogen) atoms. The minimum absolute atomic E-state index is 0.0546. The first-order valence-electron chi connectivity index (χ1n) is 10.8. The van der Waals surface area contributed by atoms with Crippen LogP contribution in [-0.2, 0) is 26.0 Å². The van der Waals surface area contributed by atoms with E-state index in [-0.39, 0.29) is 22.9 Å². The number of carbonyl (C=O) groups excluding carboxylic acids is 2. The number of rotatable bonds is 9. The number of hydrogen-bond acceptors (Lipinski definition) is 6. The van der Waals surface area contributed by atoms with E-state index in [1.807, 2.05) is 0 Å². The van der Waals surface area contributed by atoms with Crippen LogP contribution in [0.1, 0.15) is 15.9 Å². The molecule has 0 spiro atoms. The van der Waals surface area contributed by atoms with Gasteiger partial charge in [0.15, 0.2) is 0 Å². The predicted molar refractivity (Wildman–Crippen MR) is 126 cm³/mol. The van der Waals surface area contributed by atoms with Crippen molar-refractivity contribution in [1.29, 1.82) is 0 Å². The molecule has 0 saturated carbocycles. The summed E-state index contributed by atoms with van der Waals surface area (Å²) < 4.78 is 45.6. The highest BCUT2D eigenvalue weighted by atomic mass is 32.2. The predicted octanol–water partition coefficient (Wildman–Crippen LogP) is 1.88. The fraction of sp³-hybridized carbons (Fsp3) is 0.208. The van der Waals surface area contributed by atoms with E-state index in [2.05, 4.69) is 20.3 Å². The lowest BCUT2D eigenvalue weighted by Crippen LogP contribution is -2.48. The van der Waals surface area contributed by atoms with Gasteiger partial charge in [0.1, 0.15) is 11.9 Å². The Morgan fingerprint density at radius 2 is 1.77 bits per heavy atom. The first-order chi connectivity index (χ1) is 16.8. The molecule has 1 fully saturated rings. The Labute approximate surface area is 201 Å². The van der Waals surface area contributed by atoms with Crippen LogP contribution >= 0.6 is 0 Å². The monoisotopic (exact) mass is 498 g/mol. The zero-order chi connectivity index (χ0) is 24.8. The van der Waals surface area contributed by atoms with Crippen molar-refractivity contribution in [2.24, 2.45) is 0 Å². The highest BCUT2D eigenvalue weighted by Gasteiger charge is 2.26. The van der Waals surface area contributed by atoms with Gasteiger partial charge in [-0.05, 0) is 60.2 Å². The number of hydrogen-bond donors (Lipinski definition) is 3. The molecule has 0 unspecified atom stereocenters. The number of anilines is 1. The molecule has 4 rings (SSSR count). The maximum absolute atomic E-state index is 13.2. The second kappa shape index (κ2) is 10.7. The first kappa shape index (κ1) is 24.5. The molecular weight excluding hydrogens is 475 g/mol. The fourth-order valence-electron chi connectivity index (χ4n) is 3.34. The van der Waals surface area contributed by atoms with Crippen LogP contribution in [0.4, 0.5) is 10.1 Å². The molecule has 2 aromatic carbocycles. The van der Waals surface area contributed by atoms with Gasteiger partial charge < -0.3 is 15.4 Å². The van der Waals surface area contributed by atoms with Crippen molar-refractivity contribution in [2.75, 3.05) is 18.5 Å². The summed E-state index contributed by atoms with van der Waals surface area (Å²) in [5.74, 6) is -1.53. The average Bonchev–Trinajstić information content (AvgIpc) is 2.82. The van der Waals surface area contributed by atoms with E-state index in [1.54, 1.807) is 24.5 Å². The molecule has 3 N–H and O–H groups in total. The number of nitrogens with zero attached hydrogens (tertiary/aromatic N) is 1. The van der Waals surface area contributed by atoms with E-state index in [4.69, 9.17) is 4.74 Å². The molecule has 0 radical (unpaired) electrons. The lowest BCUT2D eigenvalue weighted by molar-refractivity contribution is -0.118. The van der Waals surface area contributed by atoms with Crippen LogP contribution in [0.3, 0.4) is 0 Å². The number of halogens is 1. The molecule has 1 atom stereocenters. The zero-order valence-electron chi connectivity index (χ0n) is 18.5. The Morgan fingerprint density at radius 3 is 2.37 bits per heavy atom. The van der Waals surface area contributed by atoms with E-state index in [0.717, 1.165) is 17.7 Å². The summed E-state index contributed by atoms with van der Waals surface area (Å²) in [4.78, 5) is 29.8. The lowest BCUT2D eigenvalue weighted by atomic mass is 10.1. The Bertz CT molecular complexity index is 1280. The van der Waals surface area contributed by atoms with Crippen molar-refractivity contribution in [2.45, 2.75) is 23.4 Å². The molecule has 1 aromatic heterocycles. The summed E-state index contributed by atoms with van der Waals surface area (Å²) in [6.45, 7) is 0.657. The van der Waals surface area contributed by atoms with Gasteiger partial charge in [-0.25, -0.2) is 17.5 Å². The molecule has 2 heterocycles. The normalized spacial score (nSPS) is 14.5. The number of ether oxygens (including phenoxy) is 1. The highest BCUT2D eigenvalue weighted by molar-refractivity contribution is 7.89. The van der Waals surface area contributed by atoms with Crippen LogP contribution in [0.5, 0.6) is 0 Å². The minimum atomic E-state index is -3.71. The lowest BCUT2D eigenvalue weighted by Gasteiger charge is -2.26. The third kappa shape index (κ3) is 6.47. The van der Waals surface area contributed by atoms with E-state index in [9.17, 15) is 22.4 Å². The van der Waals surface area contributed by atoms with E-state index in [1.165, 1.54) is 36.4 Å². The molecule has 1 aliphatic rings. The van der Waals surface area contributed by atoms with Crippen LogP contribution in [-0.4, -0.2) is 50.5 Å². The van der Waals surface area contributed by atoms with Gasteiger partial charge >= 0.3 is 0 Å². The van der Waals surface area contributed by atoms with Crippen LogP contribution in [0.15, 0.2) is 78.0 Å². The number of carbonyl (C=O) groups is 2. The molecule has 0 aliphatic carbocycles. The molecule has 11 heteroatoms. The second-order valence-corrected chi connectivity index (χ2v) is 9.68. The molecule has 0 bridgehead atoms. The van der Waals surface area contributed by atoms with Crippen molar-refractivity contribution in [3.63, 3.8) is 0 Å². The highest BCUT2D eigenvalue weighted by Crippen LogP contribution is 2.16. The molecule has 9 nitrogen and oxygen atoms in total. The van der Waals surface area contributed by atoms with Gasteiger partial charge in [0.05, 0.1) is 24.2 Å². The van der Waals surface area contributed by atoms with Gasteiger partial charge in [0.25, 0.3) is 5.91 Å². The van der Waals surface area contributed by atoms with Gasteiger partial charge in [-0.2, -0.15) is 0 Å². The second-order valence-electron chi connectivity index (χ2n) is 7.97. The number of sulfonamides is 1. The van der Waals surface area contributed by atoms with Crippen LogP contribution < -0.4 is 15.4 Å². The number of benzene rings is 2. The zero-order valence-corrected chi connectivity index (χ0v) is 19.3. The maximum atomic E-state index is 13.2. The van der Waals surface area contributed by atoms with Crippen LogP contribution in [0.2, 0.25) is 0 Å². The third-order valence-corrected chi connectivity index (χ3v) is 6.82. The fourth-order valence-corrected chi connectivity index (χ4v) is 4.55. The van der Waals surface area contributed by atoms with E-state index < -0.39 is 33.7 Å². The van der Waals surface area contributed by atoms with E-state index in [0.29, 0.717) is 18.9 Å². The quantitative estimate of drug-likeness (QED) is 0.414. The molecule has 3 aromatic rings. The molecular formula is C24H23FN4O5S. The standard InChI is InChI=1S/C24H23FN4O5S/c25-18-5-3-17(4-6-18)23(30)28-22(12-16-2-1-11-26-13-16)24(31)27-19-7-9-21(10-8-19)35(32,33)29-20-14-34-15-20/h1-11,13,20,22,29H,12,14-15H2,(H,27,31)(H,28,30)/t22-/m0/s1. The van der Waals surface area contributed by atoms with Gasteiger partial charge in [0.2, 0.25) is 15.9 Å². The van der Waals surface area contributed by atoms with Gasteiger partial charge in [-0.1, -0.05) is 6.07 Å². The van der Waals surface area contributed by atoms with Crippen molar-refractivity contribution >= 4 is 27.5 Å². The maximum Gasteiger partial charge on any atom is 0.251 e. The first-order valence-corrected chi connectivity index (χ1v) is 12.2. The summed E-state index contributed by atoms with van der Waals surface area (Å²) in [7, 11) is -3.71. The van der Waals surface area contributed by atoms with Crippen molar-refractivity contribution in [1.82, 2.24) is 15.0 Å². The molecule has 1 aliphatic heterocycles. The Hall–Kier alpha value is -3.67. The third-order valence-electron chi connectivity index (χ3n) is 5.28. The Balaban J connectivity index is 1.47. The van der Waals surface area contributed by atoms with Crippen molar-refractivity contribution in [3.8, 4) is 0 Å². The topological polar surface area (TPSA) is 126 Å². The number of nitrogens with one attached hydrogen (secondary N) is 3. The SMILES string of the molecule is O=C(N[C@@H](Cc1cccnc1)C(=O)Nc1ccc(S(=O)(=O)NC2COC2)cc1)c1ccc(F)cc1. The molecule has 182 valence electrons. The van der Waals surface area contributed by atoms with E-state index >= 15 is 0 Å². The number of aromatic nitrogens is 1. The van der Waals surface area contributed by atoms with Crippen molar-refractivity contribution in [3.05, 3.63) is 90.0 Å². The number of pyridine rings is 1. The number of amides is 2. The summed E-state index contributed by atoms with van der Waals surface area (Å²) in [5, 5.41) is 5.37. The summed E-state index contributed by atoms with van der Waals surface area (Å²) >= 11 is 0. The van der Waals surface area contributed by atoms with Gasteiger partial charge in [0, 0.05) is 30.1 Å². The van der Waals surface area contributed by atoms with Crippen LogP contribution in [0.25, 0.3) is 0 Å². The summed E-state index contributed by atoms with van der Waals surface area (Å²) in [6, 6.07) is 12.9. The molecule has 1 saturated heterocycles. The minimum Gasteiger partial charge on any atom is -0.378 e. The summed E-state index contributed by atoms with van der Waals surface area (Å²) in [6.07, 6.45) is 3.34. The van der Waals surface area contributed by atoms with Gasteiger partial charge in [-0.3, -0.25) is 14.6 Å².